The van der Waals surface area contributed by atoms with Crippen molar-refractivity contribution >= 4 is 11.8 Å². The maximum atomic E-state index is 13.5. The first-order valence-corrected chi connectivity index (χ1v) is 13.6. The van der Waals surface area contributed by atoms with Gasteiger partial charge < -0.3 is 20.5 Å². The molecule has 208 valence electrons. The Morgan fingerprint density at radius 3 is 2.46 bits per heavy atom. The minimum atomic E-state index is -1.69. The molecule has 0 bridgehead atoms. The number of benzene rings is 1. The molecule has 2 amide bonds. The largest absolute Gasteiger partial charge is 0.365 e. The Balaban J connectivity index is 1.56. The average molecular weight is 535 g/mol. The van der Waals surface area contributed by atoms with Gasteiger partial charge in [0.05, 0.1) is 30.5 Å². The molecule has 1 aliphatic heterocycles. The fourth-order valence-corrected chi connectivity index (χ4v) is 4.78. The number of nitrogens with two attached hydrogens (primary N) is 1. The third-order valence-corrected chi connectivity index (χ3v) is 7.06. The Labute approximate surface area is 229 Å². The van der Waals surface area contributed by atoms with E-state index in [1.165, 1.54) is 5.56 Å². The molecule has 1 unspecified atom stereocenters. The molecule has 1 aromatic carbocycles. The fourth-order valence-electron chi connectivity index (χ4n) is 4.78. The van der Waals surface area contributed by atoms with Crippen LogP contribution in [-0.2, 0) is 20.8 Å². The first-order valence-electron chi connectivity index (χ1n) is 13.6. The number of aromatic nitrogens is 3. The number of amides is 2. The van der Waals surface area contributed by atoms with Gasteiger partial charge in [-0.1, -0.05) is 57.9 Å². The monoisotopic (exact) mass is 534 g/mol. The van der Waals surface area contributed by atoms with Gasteiger partial charge >= 0.3 is 0 Å². The van der Waals surface area contributed by atoms with Crippen molar-refractivity contribution in [3.8, 4) is 17.1 Å². The normalized spacial score (nSPS) is 15.4. The van der Waals surface area contributed by atoms with Crippen molar-refractivity contribution in [2.24, 2.45) is 5.73 Å². The SMILES string of the molecule is CCCCC(NC(=O)c1cccnc1-n1ccc(-c2ccc(CN(CC)CC)cc2)n1)C1(C(N)=O)OCCO1. The first-order chi connectivity index (χ1) is 18.9. The summed E-state index contributed by atoms with van der Waals surface area (Å²) in [7, 11) is 0. The second-order valence-corrected chi connectivity index (χ2v) is 9.58. The number of primary amides is 1. The molecule has 0 aliphatic carbocycles. The van der Waals surface area contributed by atoms with E-state index in [9.17, 15) is 9.59 Å². The highest BCUT2D eigenvalue weighted by atomic mass is 16.7. The van der Waals surface area contributed by atoms with Crippen molar-refractivity contribution in [2.45, 2.75) is 58.4 Å². The van der Waals surface area contributed by atoms with Crippen LogP contribution < -0.4 is 11.1 Å². The van der Waals surface area contributed by atoms with E-state index in [1.54, 1.807) is 29.2 Å². The van der Waals surface area contributed by atoms with Crippen molar-refractivity contribution in [2.75, 3.05) is 26.3 Å². The number of ether oxygens (including phenoxy) is 2. The van der Waals surface area contributed by atoms with Gasteiger partial charge in [0, 0.05) is 24.5 Å². The molecule has 0 saturated carbocycles. The van der Waals surface area contributed by atoms with Gasteiger partial charge in [-0.2, -0.15) is 5.10 Å². The van der Waals surface area contributed by atoms with E-state index in [0.29, 0.717) is 17.8 Å². The second-order valence-electron chi connectivity index (χ2n) is 9.58. The van der Waals surface area contributed by atoms with Gasteiger partial charge in [-0.05, 0) is 43.3 Å². The number of pyridine rings is 1. The quantitative estimate of drug-likeness (QED) is 0.345. The Bertz CT molecular complexity index is 1250. The number of nitrogens with one attached hydrogen (secondary N) is 1. The van der Waals surface area contributed by atoms with E-state index in [1.807, 2.05) is 13.0 Å². The Hall–Kier alpha value is -3.60. The Morgan fingerprint density at radius 1 is 1.10 bits per heavy atom. The summed E-state index contributed by atoms with van der Waals surface area (Å²) in [5.41, 5.74) is 8.96. The number of nitrogens with zero attached hydrogens (tertiary/aromatic N) is 4. The third kappa shape index (κ3) is 6.35. The topological polar surface area (TPSA) is 125 Å². The zero-order valence-electron chi connectivity index (χ0n) is 22.9. The van der Waals surface area contributed by atoms with E-state index in [2.05, 4.69) is 53.3 Å². The number of rotatable bonds is 13. The number of hydrogen-bond acceptors (Lipinski definition) is 7. The van der Waals surface area contributed by atoms with Crippen LogP contribution in [0.15, 0.2) is 54.9 Å². The van der Waals surface area contributed by atoms with Gasteiger partial charge in [0.1, 0.15) is 0 Å². The maximum Gasteiger partial charge on any atom is 0.280 e. The van der Waals surface area contributed by atoms with Crippen molar-refractivity contribution < 1.29 is 19.1 Å². The van der Waals surface area contributed by atoms with Crippen LogP contribution in [0.25, 0.3) is 17.1 Å². The first kappa shape index (κ1) is 28.4. The van der Waals surface area contributed by atoms with E-state index in [0.717, 1.165) is 43.7 Å². The Morgan fingerprint density at radius 2 is 1.82 bits per heavy atom. The van der Waals surface area contributed by atoms with Gasteiger partial charge in [-0.25, -0.2) is 9.67 Å². The molecular weight excluding hydrogens is 496 g/mol. The van der Waals surface area contributed by atoms with Gasteiger partial charge in [0.2, 0.25) is 0 Å². The highest BCUT2D eigenvalue weighted by molar-refractivity contribution is 5.98. The molecule has 3 aromatic rings. The van der Waals surface area contributed by atoms with E-state index in [-0.39, 0.29) is 13.2 Å². The molecule has 10 nitrogen and oxygen atoms in total. The standard InChI is InChI=1S/C29H38N6O4/c1-4-7-10-25(29(28(30)37)38-18-19-39-29)32-27(36)23-9-8-16-31-26(23)35-17-15-24(33-35)22-13-11-21(12-14-22)20-34(5-2)6-3/h8-9,11-17,25H,4-7,10,18-20H2,1-3H3,(H2,30,37)(H,32,36). The van der Waals surface area contributed by atoms with E-state index in [4.69, 9.17) is 20.3 Å². The molecule has 0 spiro atoms. The van der Waals surface area contributed by atoms with Crippen LogP contribution in [0.3, 0.4) is 0 Å². The molecule has 1 aliphatic rings. The summed E-state index contributed by atoms with van der Waals surface area (Å²) in [6, 6.07) is 12.8. The lowest BCUT2D eigenvalue weighted by Crippen LogP contribution is -2.60. The predicted octanol–water partition coefficient (Wildman–Crippen LogP) is 3.29. The average Bonchev–Trinajstić information content (AvgIpc) is 3.66. The van der Waals surface area contributed by atoms with Crippen molar-refractivity contribution in [3.05, 3.63) is 66.0 Å². The maximum absolute atomic E-state index is 13.5. The summed E-state index contributed by atoms with van der Waals surface area (Å²) in [5, 5.41) is 7.64. The van der Waals surface area contributed by atoms with Crippen molar-refractivity contribution in [3.63, 3.8) is 0 Å². The summed E-state index contributed by atoms with van der Waals surface area (Å²) in [4.78, 5) is 32.7. The molecule has 1 saturated heterocycles. The molecule has 3 heterocycles. The molecule has 10 heteroatoms. The summed E-state index contributed by atoms with van der Waals surface area (Å²) in [6.07, 6.45) is 5.48. The lowest BCUT2D eigenvalue weighted by molar-refractivity contribution is -0.190. The molecular formula is C29H38N6O4. The van der Waals surface area contributed by atoms with Crippen LogP contribution in [-0.4, -0.2) is 69.6 Å². The highest BCUT2D eigenvalue weighted by Gasteiger charge is 2.50. The van der Waals surface area contributed by atoms with Gasteiger partial charge in [0.15, 0.2) is 5.82 Å². The van der Waals surface area contributed by atoms with Crippen molar-refractivity contribution in [1.82, 2.24) is 25.0 Å². The molecule has 1 atom stereocenters. The minimum Gasteiger partial charge on any atom is -0.365 e. The summed E-state index contributed by atoms with van der Waals surface area (Å²) in [5.74, 6) is -2.50. The van der Waals surface area contributed by atoms with Crippen LogP contribution in [0.4, 0.5) is 0 Å². The van der Waals surface area contributed by atoms with E-state index >= 15 is 0 Å². The highest BCUT2D eigenvalue weighted by Crippen LogP contribution is 2.27. The smallest absolute Gasteiger partial charge is 0.280 e. The summed E-state index contributed by atoms with van der Waals surface area (Å²) < 4.78 is 12.9. The number of carbonyl (C=O) groups is 2. The van der Waals surface area contributed by atoms with Crippen LogP contribution in [0.5, 0.6) is 0 Å². The Kier molecular flexibility index (Phi) is 9.45. The van der Waals surface area contributed by atoms with Crippen LogP contribution >= 0.6 is 0 Å². The summed E-state index contributed by atoms with van der Waals surface area (Å²) >= 11 is 0. The third-order valence-electron chi connectivity index (χ3n) is 7.06. The minimum absolute atomic E-state index is 0.228. The molecule has 3 N–H and O–H groups in total. The van der Waals surface area contributed by atoms with Crippen LogP contribution in [0, 0.1) is 0 Å². The lowest BCUT2D eigenvalue weighted by atomic mass is 9.99. The molecule has 0 radical (unpaired) electrons. The van der Waals surface area contributed by atoms with Gasteiger partial charge in [0.25, 0.3) is 17.6 Å². The van der Waals surface area contributed by atoms with Crippen LogP contribution in [0.2, 0.25) is 0 Å². The molecule has 2 aromatic heterocycles. The molecule has 39 heavy (non-hydrogen) atoms. The van der Waals surface area contributed by atoms with Crippen LogP contribution in [0.1, 0.15) is 56.0 Å². The number of hydrogen-bond donors (Lipinski definition) is 2. The number of unbranched alkanes of at least 4 members (excludes halogenated alkanes) is 1. The molecule has 1 fully saturated rings. The van der Waals surface area contributed by atoms with Crippen molar-refractivity contribution in [1.29, 1.82) is 0 Å². The zero-order valence-corrected chi connectivity index (χ0v) is 22.9. The molecule has 4 rings (SSSR count). The lowest BCUT2D eigenvalue weighted by Gasteiger charge is -2.33. The predicted molar refractivity (Wildman–Crippen MR) is 148 cm³/mol. The fraction of sp³-hybridized carbons (Fsp3) is 0.448. The van der Waals surface area contributed by atoms with E-state index < -0.39 is 23.6 Å². The summed E-state index contributed by atoms with van der Waals surface area (Å²) in [6.45, 7) is 9.72. The zero-order chi connectivity index (χ0) is 27.8. The van der Waals surface area contributed by atoms with Gasteiger partial charge in [-0.15, -0.1) is 0 Å². The van der Waals surface area contributed by atoms with Gasteiger partial charge in [-0.3, -0.25) is 14.5 Å². The second kappa shape index (κ2) is 13.0. The number of carbonyl (C=O) groups excluding carboxylic acids is 2.